The van der Waals surface area contributed by atoms with Crippen molar-refractivity contribution in [2.45, 2.75) is 41.0 Å². The van der Waals surface area contributed by atoms with E-state index >= 15 is 0 Å². The summed E-state index contributed by atoms with van der Waals surface area (Å²) in [5, 5.41) is 0. The molecule has 1 aliphatic rings. The van der Waals surface area contributed by atoms with E-state index < -0.39 is 0 Å². The van der Waals surface area contributed by atoms with Gasteiger partial charge in [-0.15, -0.1) is 0 Å². The molecule has 1 unspecified atom stereocenters. The molecule has 0 bridgehead atoms. The molecule has 0 saturated heterocycles. The largest absolute Gasteiger partial charge is 0.445 e. The smallest absolute Gasteiger partial charge is 0.409 e. The van der Waals surface area contributed by atoms with Crippen molar-refractivity contribution in [1.29, 1.82) is 0 Å². The Hall–Kier alpha value is -2.30. The van der Waals surface area contributed by atoms with Crippen LogP contribution < -0.4 is 5.73 Å². The summed E-state index contributed by atoms with van der Waals surface area (Å²) >= 11 is 0. The fourth-order valence-electron chi connectivity index (χ4n) is 2.93. The van der Waals surface area contributed by atoms with Gasteiger partial charge in [0.15, 0.2) is 0 Å². The SMILES string of the molecule is C=C1C(C(/C=N\C)=C(\COC(=O)N(C)CCC(C)C)C(C)C)=CC=C(N)C1C. The lowest BCUT2D eigenvalue weighted by Gasteiger charge is -2.26. The van der Waals surface area contributed by atoms with Crippen molar-refractivity contribution >= 4 is 12.3 Å². The zero-order valence-electron chi connectivity index (χ0n) is 18.6. The minimum absolute atomic E-state index is 0.0679. The Labute approximate surface area is 170 Å². The first-order chi connectivity index (χ1) is 13.1. The van der Waals surface area contributed by atoms with Crippen LogP contribution >= 0.6 is 0 Å². The standard InChI is InChI=1S/C23H37N3O2/c1-15(2)11-12-26(8)23(27)28-14-21(16(3)4)20(13-25-7)19-9-10-22(24)18(6)17(19)5/h9-10,13,15-16,18H,5,11-12,14,24H2,1-4,6-8H3/b21-20+,25-13-. The maximum absolute atomic E-state index is 12.4. The molecule has 5 nitrogen and oxygen atoms in total. The molecule has 28 heavy (non-hydrogen) atoms. The molecule has 0 aromatic rings. The van der Waals surface area contributed by atoms with E-state index in [-0.39, 0.29) is 24.5 Å². The minimum Gasteiger partial charge on any atom is -0.445 e. The Kier molecular flexibility index (Phi) is 9.23. The van der Waals surface area contributed by atoms with Gasteiger partial charge in [0.2, 0.25) is 0 Å². The van der Waals surface area contributed by atoms with E-state index in [1.54, 1.807) is 19.0 Å². The van der Waals surface area contributed by atoms with Crippen LogP contribution in [0.2, 0.25) is 0 Å². The third-order valence-electron chi connectivity index (χ3n) is 5.11. The zero-order chi connectivity index (χ0) is 21.4. The normalized spacial score (nSPS) is 18.3. The number of hydrogen-bond donors (Lipinski definition) is 1. The molecule has 1 atom stereocenters. The van der Waals surface area contributed by atoms with Crippen molar-refractivity contribution in [3.8, 4) is 0 Å². The summed E-state index contributed by atoms with van der Waals surface area (Å²) in [5.41, 5.74) is 10.8. The molecule has 0 fully saturated rings. The molecule has 1 amide bonds. The van der Waals surface area contributed by atoms with Crippen LogP contribution in [0.5, 0.6) is 0 Å². The summed E-state index contributed by atoms with van der Waals surface area (Å²) < 4.78 is 5.63. The Morgan fingerprint density at radius 2 is 2.00 bits per heavy atom. The Bertz CT molecular complexity index is 697. The van der Waals surface area contributed by atoms with Crippen molar-refractivity contribution in [3.05, 3.63) is 46.7 Å². The van der Waals surface area contributed by atoms with Crippen LogP contribution in [0.25, 0.3) is 0 Å². The summed E-state index contributed by atoms with van der Waals surface area (Å²) in [6.07, 6.45) is 6.37. The lowest BCUT2D eigenvalue weighted by atomic mass is 9.82. The fourth-order valence-corrected chi connectivity index (χ4v) is 2.93. The van der Waals surface area contributed by atoms with Gasteiger partial charge in [-0.2, -0.15) is 0 Å². The highest BCUT2D eigenvalue weighted by molar-refractivity contribution is 5.89. The van der Waals surface area contributed by atoms with Gasteiger partial charge < -0.3 is 15.4 Å². The van der Waals surface area contributed by atoms with Gasteiger partial charge in [0.25, 0.3) is 0 Å². The van der Waals surface area contributed by atoms with E-state index in [0.29, 0.717) is 12.5 Å². The third-order valence-corrected chi connectivity index (χ3v) is 5.11. The number of carbonyl (C=O) groups is 1. The number of aliphatic imine (C=N–C) groups is 1. The highest BCUT2D eigenvalue weighted by atomic mass is 16.6. The molecular formula is C23H37N3O2. The highest BCUT2D eigenvalue weighted by Gasteiger charge is 2.23. The van der Waals surface area contributed by atoms with Crippen LogP contribution in [0.1, 0.15) is 41.0 Å². The first-order valence-corrected chi connectivity index (χ1v) is 10.00. The van der Waals surface area contributed by atoms with Crippen LogP contribution in [-0.4, -0.2) is 44.5 Å². The number of carbonyl (C=O) groups excluding carboxylic acids is 1. The summed E-state index contributed by atoms with van der Waals surface area (Å²) in [4.78, 5) is 18.3. The van der Waals surface area contributed by atoms with E-state index in [0.717, 1.165) is 34.4 Å². The van der Waals surface area contributed by atoms with Crippen molar-refractivity contribution in [2.75, 3.05) is 27.2 Å². The zero-order valence-corrected chi connectivity index (χ0v) is 18.6. The molecule has 1 aliphatic carbocycles. The van der Waals surface area contributed by atoms with E-state index in [2.05, 4.69) is 39.3 Å². The quantitative estimate of drug-likeness (QED) is 0.612. The molecule has 1 rings (SSSR count). The van der Waals surface area contributed by atoms with Crippen molar-refractivity contribution < 1.29 is 9.53 Å². The Morgan fingerprint density at radius 1 is 1.36 bits per heavy atom. The molecule has 0 spiro atoms. The van der Waals surface area contributed by atoms with E-state index in [4.69, 9.17) is 10.5 Å². The van der Waals surface area contributed by atoms with Crippen LogP contribution in [0.15, 0.2) is 51.7 Å². The number of ether oxygens (including phenoxy) is 1. The maximum atomic E-state index is 12.4. The molecule has 0 saturated carbocycles. The molecule has 2 N–H and O–H groups in total. The maximum Gasteiger partial charge on any atom is 0.409 e. The van der Waals surface area contributed by atoms with Crippen LogP contribution in [-0.2, 0) is 4.74 Å². The van der Waals surface area contributed by atoms with Gasteiger partial charge in [0.1, 0.15) is 6.61 Å². The second-order valence-electron chi connectivity index (χ2n) is 8.13. The average molecular weight is 388 g/mol. The van der Waals surface area contributed by atoms with Crippen molar-refractivity contribution in [3.63, 3.8) is 0 Å². The first kappa shape index (κ1) is 23.7. The van der Waals surface area contributed by atoms with Crippen molar-refractivity contribution in [2.24, 2.45) is 28.5 Å². The average Bonchev–Trinajstić information content (AvgIpc) is 2.63. The lowest BCUT2D eigenvalue weighted by Crippen LogP contribution is -2.30. The molecule has 5 heteroatoms. The fraction of sp³-hybridized carbons (Fsp3) is 0.565. The molecule has 0 aromatic heterocycles. The van der Waals surface area contributed by atoms with Crippen LogP contribution in [0.3, 0.4) is 0 Å². The molecule has 156 valence electrons. The van der Waals surface area contributed by atoms with Gasteiger partial charge in [0, 0.05) is 44.0 Å². The Balaban J connectivity index is 3.11. The third kappa shape index (κ3) is 6.39. The molecule has 0 heterocycles. The van der Waals surface area contributed by atoms with Gasteiger partial charge in [-0.25, -0.2) is 4.79 Å². The van der Waals surface area contributed by atoms with Gasteiger partial charge in [0.05, 0.1) is 0 Å². The highest BCUT2D eigenvalue weighted by Crippen LogP contribution is 2.33. The molecular weight excluding hydrogens is 350 g/mol. The van der Waals surface area contributed by atoms with Gasteiger partial charge >= 0.3 is 6.09 Å². The number of rotatable bonds is 8. The summed E-state index contributed by atoms with van der Waals surface area (Å²) in [7, 11) is 3.52. The molecule has 0 aromatic carbocycles. The molecule has 0 radical (unpaired) electrons. The summed E-state index contributed by atoms with van der Waals surface area (Å²) in [5.74, 6) is 0.799. The topological polar surface area (TPSA) is 67.9 Å². The predicted molar refractivity (Wildman–Crippen MR) is 118 cm³/mol. The predicted octanol–water partition coefficient (Wildman–Crippen LogP) is 4.73. The van der Waals surface area contributed by atoms with Crippen LogP contribution in [0.4, 0.5) is 4.79 Å². The number of nitrogens with two attached hydrogens (primary N) is 1. The molecule has 0 aliphatic heterocycles. The van der Waals surface area contributed by atoms with Crippen molar-refractivity contribution in [1.82, 2.24) is 4.90 Å². The van der Waals surface area contributed by atoms with Gasteiger partial charge in [-0.05, 0) is 41.1 Å². The van der Waals surface area contributed by atoms with Gasteiger partial charge in [-0.3, -0.25) is 4.99 Å². The summed E-state index contributed by atoms with van der Waals surface area (Å²) in [6.45, 7) is 15.7. The lowest BCUT2D eigenvalue weighted by molar-refractivity contribution is 0.116. The second-order valence-corrected chi connectivity index (χ2v) is 8.13. The number of hydrogen-bond acceptors (Lipinski definition) is 4. The second kappa shape index (κ2) is 10.9. The number of amides is 1. The van der Waals surface area contributed by atoms with Crippen LogP contribution in [0, 0.1) is 17.8 Å². The monoisotopic (exact) mass is 387 g/mol. The number of nitrogens with zero attached hydrogens (tertiary/aromatic N) is 2. The van der Waals surface area contributed by atoms with E-state index in [1.807, 2.05) is 25.3 Å². The Morgan fingerprint density at radius 3 is 2.54 bits per heavy atom. The first-order valence-electron chi connectivity index (χ1n) is 10.00. The van der Waals surface area contributed by atoms with E-state index in [1.165, 1.54) is 0 Å². The van der Waals surface area contributed by atoms with Gasteiger partial charge in [-0.1, -0.05) is 47.3 Å². The minimum atomic E-state index is -0.305. The summed E-state index contributed by atoms with van der Waals surface area (Å²) in [6, 6.07) is 0. The van der Waals surface area contributed by atoms with E-state index in [9.17, 15) is 4.79 Å². The number of allylic oxidation sites excluding steroid dienone is 5.